The average Bonchev–Trinajstić information content (AvgIpc) is 3.12. The lowest BCUT2D eigenvalue weighted by Gasteiger charge is -2.26. The molecule has 2 atom stereocenters. The zero-order valence-corrected chi connectivity index (χ0v) is 20.5. The number of carbonyl (C=O) groups is 1. The minimum Gasteiger partial charge on any atom is -0.497 e. The highest BCUT2D eigenvalue weighted by Gasteiger charge is 2.35. The van der Waals surface area contributed by atoms with Gasteiger partial charge in [0.25, 0.3) is 0 Å². The van der Waals surface area contributed by atoms with E-state index in [0.29, 0.717) is 22.9 Å². The Morgan fingerprint density at radius 3 is 2.38 bits per heavy atom. The Morgan fingerprint density at radius 2 is 1.76 bits per heavy atom. The van der Waals surface area contributed by atoms with E-state index in [0.717, 1.165) is 16.7 Å². The summed E-state index contributed by atoms with van der Waals surface area (Å²) in [5.41, 5.74) is 3.70. The summed E-state index contributed by atoms with van der Waals surface area (Å²) in [5.74, 6) is -0.359. The van der Waals surface area contributed by atoms with Crippen LogP contribution in [-0.2, 0) is 4.79 Å². The van der Waals surface area contributed by atoms with Crippen molar-refractivity contribution in [3.05, 3.63) is 77.9 Å². The van der Waals surface area contributed by atoms with E-state index >= 15 is 0 Å². The van der Waals surface area contributed by atoms with Gasteiger partial charge >= 0.3 is 12.3 Å². The first kappa shape index (κ1) is 25.9. The highest BCUT2D eigenvalue weighted by atomic mass is 19.4. The maximum absolute atomic E-state index is 13.0. The topological polar surface area (TPSA) is 68.2 Å². The van der Waals surface area contributed by atoms with Gasteiger partial charge in [-0.3, -0.25) is 0 Å². The number of carboxylic acid groups (broad SMARTS) is 1. The fourth-order valence-corrected chi connectivity index (χ4v) is 4.34. The maximum atomic E-state index is 13.0. The molecule has 0 saturated carbocycles. The molecule has 0 aromatic heterocycles. The minimum atomic E-state index is -4.83. The summed E-state index contributed by atoms with van der Waals surface area (Å²) in [6.07, 6.45) is -3.60. The second kappa shape index (κ2) is 10.5. The molecule has 0 fully saturated rings. The van der Waals surface area contributed by atoms with Crippen LogP contribution in [0.5, 0.6) is 17.2 Å². The predicted molar refractivity (Wildman–Crippen MR) is 134 cm³/mol. The minimum absolute atomic E-state index is 0.269. The van der Waals surface area contributed by atoms with Crippen LogP contribution in [0.3, 0.4) is 0 Å². The van der Waals surface area contributed by atoms with Crippen molar-refractivity contribution in [3.63, 3.8) is 0 Å². The molecule has 1 aliphatic rings. The molecule has 0 amide bonds. The molecule has 1 heterocycles. The first-order chi connectivity index (χ1) is 17.6. The number of methoxy groups -OCH3 is 1. The molecule has 1 unspecified atom stereocenters. The van der Waals surface area contributed by atoms with Gasteiger partial charge in [-0.1, -0.05) is 25.1 Å². The standard InChI is InChI=1S/C28H26F3NO5/c1-4-26(27(33)34)36-21-7-5-6-19(15-21)32-17(2)24(14-18-8-10-20(35-3)11-9-18)23-13-12-22(16-25(23)32)37-28(29,30)31/h5-17,26H,4H2,1-3H3,(H,33,34)/t17?,26-/m1/s1. The molecule has 37 heavy (non-hydrogen) atoms. The Morgan fingerprint density at radius 1 is 1.05 bits per heavy atom. The van der Waals surface area contributed by atoms with Crippen LogP contribution in [0.2, 0.25) is 0 Å². The first-order valence-electron chi connectivity index (χ1n) is 11.6. The smallest absolute Gasteiger partial charge is 0.497 e. The van der Waals surface area contributed by atoms with Crippen molar-refractivity contribution in [2.45, 2.75) is 38.8 Å². The van der Waals surface area contributed by atoms with Crippen LogP contribution in [0.1, 0.15) is 31.4 Å². The quantitative estimate of drug-likeness (QED) is 0.353. The van der Waals surface area contributed by atoms with Crippen LogP contribution < -0.4 is 19.1 Å². The van der Waals surface area contributed by atoms with Crippen molar-refractivity contribution in [1.29, 1.82) is 0 Å². The Labute approximate surface area is 212 Å². The molecule has 1 aliphatic heterocycles. The zero-order valence-electron chi connectivity index (χ0n) is 20.5. The fourth-order valence-electron chi connectivity index (χ4n) is 4.34. The Bertz CT molecular complexity index is 1300. The Hall–Kier alpha value is -4.14. The molecule has 0 aliphatic carbocycles. The second-order valence-electron chi connectivity index (χ2n) is 8.50. The lowest BCUT2D eigenvalue weighted by molar-refractivity contribution is -0.274. The van der Waals surface area contributed by atoms with Crippen LogP contribution in [-0.4, -0.2) is 36.7 Å². The van der Waals surface area contributed by atoms with Crippen molar-refractivity contribution in [2.75, 3.05) is 12.0 Å². The number of rotatable bonds is 8. The van der Waals surface area contributed by atoms with Gasteiger partial charge in [-0.25, -0.2) is 4.79 Å². The molecule has 3 aromatic rings. The van der Waals surface area contributed by atoms with Gasteiger partial charge in [0.05, 0.1) is 18.8 Å². The largest absolute Gasteiger partial charge is 0.573 e. The molecule has 0 bridgehead atoms. The van der Waals surface area contributed by atoms with E-state index in [4.69, 9.17) is 9.47 Å². The molecular weight excluding hydrogens is 487 g/mol. The van der Waals surface area contributed by atoms with Crippen LogP contribution in [0, 0.1) is 0 Å². The third-order valence-electron chi connectivity index (χ3n) is 6.07. The maximum Gasteiger partial charge on any atom is 0.573 e. The summed E-state index contributed by atoms with van der Waals surface area (Å²) in [7, 11) is 1.58. The molecule has 9 heteroatoms. The number of fused-ring (bicyclic) bond motifs is 1. The number of alkyl halides is 3. The first-order valence-corrected chi connectivity index (χ1v) is 11.6. The third-order valence-corrected chi connectivity index (χ3v) is 6.07. The van der Waals surface area contributed by atoms with Gasteiger partial charge in [0.15, 0.2) is 6.10 Å². The van der Waals surface area contributed by atoms with Crippen molar-refractivity contribution in [1.82, 2.24) is 0 Å². The number of nitrogens with zero attached hydrogens (tertiary/aromatic N) is 1. The van der Waals surface area contributed by atoms with Crippen LogP contribution in [0.4, 0.5) is 24.5 Å². The second-order valence-corrected chi connectivity index (χ2v) is 8.50. The van der Waals surface area contributed by atoms with E-state index in [2.05, 4.69) is 4.74 Å². The summed E-state index contributed by atoms with van der Waals surface area (Å²) in [5, 5.41) is 9.36. The van der Waals surface area contributed by atoms with Gasteiger partial charge in [-0.2, -0.15) is 0 Å². The van der Waals surface area contributed by atoms with Gasteiger partial charge in [0, 0.05) is 23.4 Å². The molecule has 194 valence electrons. The van der Waals surface area contributed by atoms with Crippen molar-refractivity contribution >= 4 is 29.0 Å². The Balaban J connectivity index is 1.78. The van der Waals surface area contributed by atoms with Gasteiger partial charge in [-0.05, 0) is 67.0 Å². The van der Waals surface area contributed by atoms with Crippen molar-refractivity contribution < 1.29 is 37.3 Å². The van der Waals surface area contributed by atoms with E-state index in [1.165, 1.54) is 12.1 Å². The molecule has 6 nitrogen and oxygen atoms in total. The number of aliphatic carboxylic acids is 1. The number of hydrogen-bond acceptors (Lipinski definition) is 5. The number of ether oxygens (including phenoxy) is 3. The van der Waals surface area contributed by atoms with Crippen LogP contribution in [0.15, 0.2) is 66.7 Å². The monoisotopic (exact) mass is 513 g/mol. The average molecular weight is 514 g/mol. The number of benzene rings is 3. The van der Waals surface area contributed by atoms with E-state index in [1.54, 1.807) is 44.4 Å². The van der Waals surface area contributed by atoms with Gasteiger partial charge < -0.3 is 24.2 Å². The van der Waals surface area contributed by atoms with Gasteiger partial charge in [-0.15, -0.1) is 13.2 Å². The van der Waals surface area contributed by atoms with Gasteiger partial charge in [0.2, 0.25) is 0 Å². The Kier molecular flexibility index (Phi) is 7.33. The highest BCUT2D eigenvalue weighted by molar-refractivity contribution is 5.98. The van der Waals surface area contributed by atoms with Crippen molar-refractivity contribution in [2.24, 2.45) is 0 Å². The molecule has 0 spiro atoms. The summed E-state index contributed by atoms with van der Waals surface area (Å²) in [4.78, 5) is 13.3. The number of anilines is 2. The SMILES string of the molecule is CC[C@@H](Oc1cccc(N2c3cc(OC(F)(F)F)ccc3C(=Cc3ccc(OC)cc3)C2C)c1)C(=O)O. The molecule has 4 rings (SSSR count). The summed E-state index contributed by atoms with van der Waals surface area (Å²) < 4.78 is 54.0. The van der Waals surface area contributed by atoms with E-state index in [9.17, 15) is 23.1 Å². The van der Waals surface area contributed by atoms with Gasteiger partial charge in [0.1, 0.15) is 17.2 Å². The molecule has 3 aromatic carbocycles. The summed E-state index contributed by atoms with van der Waals surface area (Å²) >= 11 is 0. The molecular formula is C28H26F3NO5. The normalized spacial score (nSPS) is 16.9. The highest BCUT2D eigenvalue weighted by Crippen LogP contribution is 2.48. The molecule has 0 saturated heterocycles. The van der Waals surface area contributed by atoms with Crippen LogP contribution >= 0.6 is 0 Å². The third kappa shape index (κ3) is 5.82. The number of hydrogen-bond donors (Lipinski definition) is 1. The summed E-state index contributed by atoms with van der Waals surface area (Å²) in [6.45, 7) is 3.65. The number of carboxylic acids is 1. The zero-order chi connectivity index (χ0) is 26.7. The molecule has 1 N–H and O–H groups in total. The van der Waals surface area contributed by atoms with E-state index in [-0.39, 0.29) is 18.2 Å². The lowest BCUT2D eigenvalue weighted by atomic mass is 10.00. The van der Waals surface area contributed by atoms with E-state index < -0.39 is 18.4 Å². The van der Waals surface area contributed by atoms with Crippen molar-refractivity contribution in [3.8, 4) is 17.2 Å². The fraction of sp³-hybridized carbons (Fsp3) is 0.250. The summed E-state index contributed by atoms with van der Waals surface area (Å²) in [6, 6.07) is 18.3. The predicted octanol–water partition coefficient (Wildman–Crippen LogP) is 6.92. The van der Waals surface area contributed by atoms with E-state index in [1.807, 2.05) is 42.2 Å². The lowest BCUT2D eigenvalue weighted by Crippen LogP contribution is -2.26. The molecule has 0 radical (unpaired) electrons. The van der Waals surface area contributed by atoms with Crippen LogP contribution in [0.25, 0.3) is 11.6 Å². The number of halogens is 3.